The quantitative estimate of drug-likeness (QED) is 0.550. The van der Waals surface area contributed by atoms with Crippen molar-refractivity contribution in [2.45, 2.75) is 39.2 Å². The summed E-state index contributed by atoms with van der Waals surface area (Å²) in [4.78, 5) is 19.5. The molecule has 0 radical (unpaired) electrons. The number of alkyl halides is 2. The number of ether oxygens (including phenoxy) is 2. The highest BCUT2D eigenvalue weighted by Gasteiger charge is 2.68. The Bertz CT molecular complexity index is 1170. The molecule has 2 heterocycles. The summed E-state index contributed by atoms with van der Waals surface area (Å²) in [6.45, 7) is 4.57. The topological polar surface area (TPSA) is 86.5 Å². The summed E-state index contributed by atoms with van der Waals surface area (Å²) in [7, 11) is 0. The lowest BCUT2D eigenvalue weighted by Gasteiger charge is -2.13. The number of aromatic nitrogens is 2. The van der Waals surface area contributed by atoms with Gasteiger partial charge in [0.25, 0.3) is 5.92 Å². The van der Waals surface area contributed by atoms with Crippen molar-refractivity contribution in [1.29, 1.82) is 0 Å². The molecule has 1 aliphatic rings. The molecule has 170 valence electrons. The van der Waals surface area contributed by atoms with E-state index in [9.17, 15) is 18.0 Å². The van der Waals surface area contributed by atoms with Crippen molar-refractivity contribution in [3.8, 4) is 23.1 Å². The highest BCUT2D eigenvalue weighted by Crippen LogP contribution is 2.60. The van der Waals surface area contributed by atoms with Gasteiger partial charge in [-0.3, -0.25) is 4.79 Å². The number of amides is 1. The SMILES string of the molecule is CC(=O)N[C@@H](C)COc1cc2oc(-c3ccc(OCC4(C)CC4(F)F)c(F)c3)nc2cn1. The van der Waals surface area contributed by atoms with Crippen LogP contribution >= 0.6 is 0 Å². The van der Waals surface area contributed by atoms with E-state index < -0.39 is 17.2 Å². The average Bonchev–Trinajstić information content (AvgIpc) is 3.04. The molecule has 1 N–H and O–H groups in total. The van der Waals surface area contributed by atoms with Gasteiger partial charge in [-0.2, -0.15) is 0 Å². The molecule has 4 rings (SSSR count). The van der Waals surface area contributed by atoms with Crippen LogP contribution in [0.3, 0.4) is 0 Å². The molecule has 1 fully saturated rings. The summed E-state index contributed by atoms with van der Waals surface area (Å²) in [6.07, 6.45) is 1.19. The summed E-state index contributed by atoms with van der Waals surface area (Å²) < 4.78 is 57.6. The van der Waals surface area contributed by atoms with Crippen molar-refractivity contribution >= 4 is 17.0 Å². The van der Waals surface area contributed by atoms with Crippen LogP contribution in [0.5, 0.6) is 11.6 Å². The molecule has 1 aromatic carbocycles. The standard InChI is InChI=1S/C22H22F3N3O4/c1-12(27-13(2)29)9-30-19-7-18-16(8-26-19)28-20(32-18)14-4-5-17(15(23)6-14)31-11-21(3)10-22(21,24)25/h4-8,12H,9-11H2,1-3H3,(H,27,29)/t12-,21?/m0/s1. The highest BCUT2D eigenvalue weighted by atomic mass is 19.3. The molecule has 3 aromatic rings. The Balaban J connectivity index is 1.45. The maximum atomic E-state index is 14.5. The van der Waals surface area contributed by atoms with Crippen LogP contribution in [-0.2, 0) is 4.79 Å². The van der Waals surface area contributed by atoms with Crippen LogP contribution in [0.4, 0.5) is 13.2 Å². The third kappa shape index (κ3) is 4.49. The van der Waals surface area contributed by atoms with Gasteiger partial charge in [-0.25, -0.2) is 23.1 Å². The molecule has 1 aliphatic carbocycles. The first-order valence-electron chi connectivity index (χ1n) is 10.0. The number of fused-ring (bicyclic) bond motifs is 1. The molecule has 10 heteroatoms. The van der Waals surface area contributed by atoms with Gasteiger partial charge in [0.15, 0.2) is 17.1 Å². The van der Waals surface area contributed by atoms with Crippen LogP contribution < -0.4 is 14.8 Å². The lowest BCUT2D eigenvalue weighted by atomic mass is 10.1. The zero-order valence-corrected chi connectivity index (χ0v) is 17.7. The summed E-state index contributed by atoms with van der Waals surface area (Å²) in [5, 5.41) is 2.70. The van der Waals surface area contributed by atoms with Gasteiger partial charge in [-0.15, -0.1) is 0 Å². The maximum absolute atomic E-state index is 14.5. The van der Waals surface area contributed by atoms with Crippen molar-refractivity contribution in [3.63, 3.8) is 0 Å². The van der Waals surface area contributed by atoms with E-state index in [1.165, 1.54) is 38.2 Å². The fourth-order valence-corrected chi connectivity index (χ4v) is 3.21. The van der Waals surface area contributed by atoms with Gasteiger partial charge < -0.3 is 19.2 Å². The minimum Gasteiger partial charge on any atom is -0.490 e. The molecule has 0 bridgehead atoms. The number of oxazole rings is 1. The summed E-state index contributed by atoms with van der Waals surface area (Å²) in [5.41, 5.74) is -0.0603. The molecule has 0 saturated heterocycles. The molecule has 2 aromatic heterocycles. The van der Waals surface area contributed by atoms with Crippen LogP contribution in [0, 0.1) is 11.2 Å². The fraction of sp³-hybridized carbons (Fsp3) is 0.409. The number of halogens is 3. The molecule has 32 heavy (non-hydrogen) atoms. The molecular weight excluding hydrogens is 427 g/mol. The normalized spacial score (nSPS) is 20.1. The number of hydrogen-bond donors (Lipinski definition) is 1. The second kappa shape index (κ2) is 7.99. The third-order valence-electron chi connectivity index (χ3n) is 5.28. The van der Waals surface area contributed by atoms with Crippen molar-refractivity contribution in [1.82, 2.24) is 15.3 Å². The van der Waals surface area contributed by atoms with Gasteiger partial charge >= 0.3 is 0 Å². The Morgan fingerprint density at radius 2 is 2.06 bits per heavy atom. The van der Waals surface area contributed by atoms with E-state index in [1.807, 2.05) is 0 Å². The minimum absolute atomic E-state index is 0.112. The van der Waals surface area contributed by atoms with E-state index >= 15 is 0 Å². The van der Waals surface area contributed by atoms with Gasteiger partial charge in [0.1, 0.15) is 12.1 Å². The third-order valence-corrected chi connectivity index (χ3v) is 5.28. The Morgan fingerprint density at radius 3 is 2.72 bits per heavy atom. The molecule has 2 atom stereocenters. The predicted octanol–water partition coefficient (Wildman–Crippen LogP) is 4.36. The van der Waals surface area contributed by atoms with Crippen molar-refractivity contribution in [3.05, 3.63) is 36.3 Å². The number of benzene rings is 1. The molecule has 0 aliphatic heterocycles. The second-order valence-corrected chi connectivity index (χ2v) is 8.30. The smallest absolute Gasteiger partial charge is 0.257 e. The average molecular weight is 449 g/mol. The van der Waals surface area contributed by atoms with Crippen molar-refractivity contribution < 1.29 is 31.9 Å². The van der Waals surface area contributed by atoms with Gasteiger partial charge in [0.05, 0.1) is 24.3 Å². The van der Waals surface area contributed by atoms with Crippen molar-refractivity contribution in [2.24, 2.45) is 5.41 Å². The Kier molecular flexibility index (Phi) is 5.47. The number of carbonyl (C=O) groups is 1. The highest BCUT2D eigenvalue weighted by molar-refractivity contribution is 5.76. The number of carbonyl (C=O) groups excluding carboxylic acids is 1. The first kappa shape index (κ1) is 21.9. The summed E-state index contributed by atoms with van der Waals surface area (Å²) in [6, 6.07) is 5.42. The predicted molar refractivity (Wildman–Crippen MR) is 109 cm³/mol. The van der Waals surface area contributed by atoms with Crippen molar-refractivity contribution in [2.75, 3.05) is 13.2 Å². The lowest BCUT2D eigenvalue weighted by molar-refractivity contribution is -0.119. The van der Waals surface area contributed by atoms with E-state index in [1.54, 1.807) is 13.0 Å². The Morgan fingerprint density at radius 1 is 1.31 bits per heavy atom. The Hall–Kier alpha value is -3.30. The van der Waals surface area contributed by atoms with Crippen LogP contribution in [0.15, 0.2) is 34.9 Å². The number of hydrogen-bond acceptors (Lipinski definition) is 6. The van der Waals surface area contributed by atoms with Crippen LogP contribution in [0.1, 0.15) is 27.2 Å². The summed E-state index contributed by atoms with van der Waals surface area (Å²) >= 11 is 0. The largest absolute Gasteiger partial charge is 0.490 e. The molecule has 7 nitrogen and oxygen atoms in total. The van der Waals surface area contributed by atoms with E-state index in [2.05, 4.69) is 15.3 Å². The number of pyridine rings is 1. The van der Waals surface area contributed by atoms with E-state index in [4.69, 9.17) is 13.9 Å². The van der Waals surface area contributed by atoms with Gasteiger partial charge in [0, 0.05) is 25.0 Å². The fourth-order valence-electron chi connectivity index (χ4n) is 3.21. The van der Waals surface area contributed by atoms with Gasteiger partial charge in [-0.1, -0.05) is 6.92 Å². The molecule has 0 spiro atoms. The maximum Gasteiger partial charge on any atom is 0.257 e. The lowest BCUT2D eigenvalue weighted by Crippen LogP contribution is -2.35. The molecular formula is C22H22F3N3O4. The zero-order valence-electron chi connectivity index (χ0n) is 17.7. The zero-order chi connectivity index (χ0) is 23.1. The van der Waals surface area contributed by atoms with Crippen LogP contribution in [-0.4, -0.2) is 41.1 Å². The van der Waals surface area contributed by atoms with Crippen LogP contribution in [0.2, 0.25) is 0 Å². The van der Waals surface area contributed by atoms with Gasteiger partial charge in [-0.05, 0) is 25.1 Å². The molecule has 1 saturated carbocycles. The molecule has 1 amide bonds. The number of nitrogens with zero attached hydrogens (tertiary/aromatic N) is 2. The van der Waals surface area contributed by atoms with E-state index in [-0.39, 0.29) is 49.1 Å². The summed E-state index contributed by atoms with van der Waals surface area (Å²) in [5.74, 6) is -3.30. The Labute approximate surface area is 181 Å². The molecule has 1 unspecified atom stereocenters. The van der Waals surface area contributed by atoms with E-state index in [0.717, 1.165) is 0 Å². The first-order valence-corrected chi connectivity index (χ1v) is 10.0. The minimum atomic E-state index is -2.78. The number of rotatable bonds is 8. The van der Waals surface area contributed by atoms with E-state index in [0.29, 0.717) is 16.7 Å². The number of nitrogens with one attached hydrogen (secondary N) is 1. The second-order valence-electron chi connectivity index (χ2n) is 8.30. The first-order chi connectivity index (χ1) is 15.1. The van der Waals surface area contributed by atoms with Crippen LogP contribution in [0.25, 0.3) is 22.6 Å². The monoisotopic (exact) mass is 449 g/mol. The van der Waals surface area contributed by atoms with Gasteiger partial charge in [0.2, 0.25) is 17.7 Å².